The normalized spacial score (nSPS) is 21.6. The maximum atomic E-state index is 12.2. The van der Waals surface area contributed by atoms with Crippen molar-refractivity contribution in [2.75, 3.05) is 13.1 Å². The zero-order valence-electron chi connectivity index (χ0n) is 11.2. The minimum Gasteiger partial charge on any atom is -0.344 e. The van der Waals surface area contributed by atoms with E-state index in [9.17, 15) is 9.59 Å². The minimum atomic E-state index is -0.341. The molecule has 17 heavy (non-hydrogen) atoms. The Kier molecular flexibility index (Phi) is 5.45. The van der Waals surface area contributed by atoms with E-state index in [4.69, 9.17) is 0 Å². The molecule has 0 saturated carbocycles. The third kappa shape index (κ3) is 4.02. The maximum absolute atomic E-state index is 12.2. The molecule has 1 saturated heterocycles. The minimum absolute atomic E-state index is 0.00459. The highest BCUT2D eigenvalue weighted by Gasteiger charge is 2.31. The average Bonchev–Trinajstić information content (AvgIpc) is 2.41. The summed E-state index contributed by atoms with van der Waals surface area (Å²) in [6, 6.07) is -0.341. The van der Waals surface area contributed by atoms with Crippen LogP contribution in [0.5, 0.6) is 0 Å². The topological polar surface area (TPSA) is 49.4 Å². The van der Waals surface area contributed by atoms with E-state index in [1.807, 2.05) is 18.7 Å². The summed E-state index contributed by atoms with van der Waals surface area (Å²) in [7, 11) is 0. The van der Waals surface area contributed by atoms with Crippen LogP contribution in [0, 0.1) is 5.92 Å². The van der Waals surface area contributed by atoms with Gasteiger partial charge in [0.2, 0.25) is 11.8 Å². The summed E-state index contributed by atoms with van der Waals surface area (Å²) in [5, 5.41) is 2.82. The molecule has 0 radical (unpaired) electrons. The second kappa shape index (κ2) is 6.62. The van der Waals surface area contributed by atoms with Gasteiger partial charge in [0.1, 0.15) is 6.04 Å². The number of nitrogens with zero attached hydrogens (tertiary/aromatic N) is 1. The number of amides is 2. The van der Waals surface area contributed by atoms with Crippen LogP contribution in [0.2, 0.25) is 0 Å². The van der Waals surface area contributed by atoms with Gasteiger partial charge in [0.15, 0.2) is 0 Å². The number of nitrogens with one attached hydrogen (secondary N) is 1. The molecule has 1 rings (SSSR count). The molecule has 1 heterocycles. The molecule has 0 aromatic carbocycles. The van der Waals surface area contributed by atoms with Gasteiger partial charge in [0, 0.05) is 19.5 Å². The van der Waals surface area contributed by atoms with Gasteiger partial charge in [-0.1, -0.05) is 33.6 Å². The summed E-state index contributed by atoms with van der Waals surface area (Å²) in [6.07, 6.45) is 3.74. The summed E-state index contributed by atoms with van der Waals surface area (Å²) in [6.45, 7) is 7.44. The molecule has 0 spiro atoms. The molecule has 1 N–H and O–H groups in total. The fraction of sp³-hybridized carbons (Fsp3) is 0.846. The van der Waals surface area contributed by atoms with Gasteiger partial charge in [0.05, 0.1) is 0 Å². The number of carbonyl (C=O) groups is 2. The first kappa shape index (κ1) is 14.0. The first-order chi connectivity index (χ1) is 8.06. The van der Waals surface area contributed by atoms with Gasteiger partial charge in [-0.15, -0.1) is 0 Å². The summed E-state index contributed by atoms with van der Waals surface area (Å²) in [5.74, 6) is 0.232. The van der Waals surface area contributed by atoms with Crippen LogP contribution in [-0.2, 0) is 9.59 Å². The predicted molar refractivity (Wildman–Crippen MR) is 67.5 cm³/mol. The first-order valence-electron chi connectivity index (χ1n) is 6.64. The second-order valence-corrected chi connectivity index (χ2v) is 5.07. The van der Waals surface area contributed by atoms with Crippen LogP contribution in [0.1, 0.15) is 46.5 Å². The standard InChI is InChI=1S/C13H24N2O2/c1-4-5-6-8-15-9-7-11(16)14-12(10(2)3)13(15)17/h10,12H,4-9H2,1-3H3,(H,14,16). The highest BCUT2D eigenvalue weighted by Crippen LogP contribution is 2.12. The maximum Gasteiger partial charge on any atom is 0.245 e. The first-order valence-corrected chi connectivity index (χ1v) is 6.64. The molecule has 0 bridgehead atoms. The van der Waals surface area contributed by atoms with E-state index in [0.29, 0.717) is 13.0 Å². The van der Waals surface area contributed by atoms with Crippen LogP contribution in [0.3, 0.4) is 0 Å². The van der Waals surface area contributed by atoms with Crippen LogP contribution >= 0.6 is 0 Å². The van der Waals surface area contributed by atoms with Crippen molar-refractivity contribution in [2.24, 2.45) is 5.92 Å². The van der Waals surface area contributed by atoms with Crippen LogP contribution in [0.25, 0.3) is 0 Å². The Morgan fingerprint density at radius 2 is 2.06 bits per heavy atom. The van der Waals surface area contributed by atoms with Crippen LogP contribution in [-0.4, -0.2) is 35.8 Å². The molecule has 1 aliphatic heterocycles. The Hall–Kier alpha value is -1.06. The number of unbranched alkanes of at least 4 members (excludes halogenated alkanes) is 2. The van der Waals surface area contributed by atoms with E-state index in [0.717, 1.165) is 25.8 Å². The molecule has 1 unspecified atom stereocenters. The molecule has 1 atom stereocenters. The van der Waals surface area contributed by atoms with Crippen molar-refractivity contribution >= 4 is 11.8 Å². The number of hydrogen-bond donors (Lipinski definition) is 1. The van der Waals surface area contributed by atoms with Gasteiger partial charge in [-0.25, -0.2) is 0 Å². The molecule has 0 aromatic rings. The molecule has 0 aliphatic carbocycles. The van der Waals surface area contributed by atoms with Gasteiger partial charge in [-0.2, -0.15) is 0 Å². The van der Waals surface area contributed by atoms with Gasteiger partial charge in [0.25, 0.3) is 0 Å². The molecule has 98 valence electrons. The molecular weight excluding hydrogens is 216 g/mol. The van der Waals surface area contributed by atoms with E-state index >= 15 is 0 Å². The molecule has 0 aromatic heterocycles. The van der Waals surface area contributed by atoms with Crippen molar-refractivity contribution in [3.05, 3.63) is 0 Å². The number of hydrogen-bond acceptors (Lipinski definition) is 2. The monoisotopic (exact) mass is 240 g/mol. The van der Waals surface area contributed by atoms with Crippen molar-refractivity contribution in [3.8, 4) is 0 Å². The van der Waals surface area contributed by atoms with Crippen molar-refractivity contribution in [1.82, 2.24) is 10.2 Å². The molecule has 4 nitrogen and oxygen atoms in total. The zero-order valence-corrected chi connectivity index (χ0v) is 11.2. The predicted octanol–water partition coefficient (Wildman–Crippen LogP) is 1.55. The van der Waals surface area contributed by atoms with E-state index in [2.05, 4.69) is 12.2 Å². The number of rotatable bonds is 5. The Bertz CT molecular complexity index is 277. The molecule has 4 heteroatoms. The highest BCUT2D eigenvalue weighted by atomic mass is 16.2. The van der Waals surface area contributed by atoms with Crippen molar-refractivity contribution in [1.29, 1.82) is 0 Å². The van der Waals surface area contributed by atoms with E-state index < -0.39 is 0 Å². The van der Waals surface area contributed by atoms with Gasteiger partial charge in [-0.3, -0.25) is 9.59 Å². The van der Waals surface area contributed by atoms with E-state index in [1.54, 1.807) is 0 Å². The summed E-state index contributed by atoms with van der Waals surface area (Å²) >= 11 is 0. The lowest BCUT2D eigenvalue weighted by Crippen LogP contribution is -2.47. The Labute approximate surface area is 104 Å². The Morgan fingerprint density at radius 3 is 2.65 bits per heavy atom. The fourth-order valence-corrected chi connectivity index (χ4v) is 2.08. The van der Waals surface area contributed by atoms with Crippen LogP contribution < -0.4 is 5.32 Å². The quantitative estimate of drug-likeness (QED) is 0.741. The smallest absolute Gasteiger partial charge is 0.245 e. The van der Waals surface area contributed by atoms with E-state index in [1.165, 1.54) is 0 Å². The lowest BCUT2D eigenvalue weighted by Gasteiger charge is -2.26. The summed E-state index contributed by atoms with van der Waals surface area (Å²) < 4.78 is 0. The number of carbonyl (C=O) groups excluding carboxylic acids is 2. The zero-order chi connectivity index (χ0) is 12.8. The summed E-state index contributed by atoms with van der Waals surface area (Å²) in [5.41, 5.74) is 0. The van der Waals surface area contributed by atoms with Crippen molar-refractivity contribution in [2.45, 2.75) is 52.5 Å². The van der Waals surface area contributed by atoms with Crippen LogP contribution in [0.4, 0.5) is 0 Å². The Morgan fingerprint density at radius 1 is 1.35 bits per heavy atom. The second-order valence-electron chi connectivity index (χ2n) is 5.07. The fourth-order valence-electron chi connectivity index (χ4n) is 2.08. The molecule has 1 fully saturated rings. The molecule has 1 aliphatic rings. The summed E-state index contributed by atoms with van der Waals surface area (Å²) in [4.78, 5) is 25.6. The van der Waals surface area contributed by atoms with Crippen molar-refractivity contribution < 1.29 is 9.59 Å². The largest absolute Gasteiger partial charge is 0.344 e. The lowest BCUT2D eigenvalue weighted by molar-refractivity contribution is -0.134. The average molecular weight is 240 g/mol. The van der Waals surface area contributed by atoms with E-state index in [-0.39, 0.29) is 23.8 Å². The molecule has 2 amide bonds. The van der Waals surface area contributed by atoms with Gasteiger partial charge < -0.3 is 10.2 Å². The molecular formula is C13H24N2O2. The van der Waals surface area contributed by atoms with Gasteiger partial charge in [-0.05, 0) is 12.3 Å². The van der Waals surface area contributed by atoms with Crippen LogP contribution in [0.15, 0.2) is 0 Å². The SMILES string of the molecule is CCCCCN1CCC(=O)NC(C(C)C)C1=O. The van der Waals surface area contributed by atoms with Crippen molar-refractivity contribution in [3.63, 3.8) is 0 Å². The lowest BCUT2D eigenvalue weighted by atomic mass is 10.0. The highest BCUT2D eigenvalue weighted by molar-refractivity contribution is 5.90. The third-order valence-electron chi connectivity index (χ3n) is 3.20. The van der Waals surface area contributed by atoms with Gasteiger partial charge >= 0.3 is 0 Å². The Balaban J connectivity index is 2.63. The third-order valence-corrected chi connectivity index (χ3v) is 3.20.